The molecular formula is C8H13NO. The molecule has 0 aromatic rings. The average molecular weight is 139 g/mol. The summed E-state index contributed by atoms with van der Waals surface area (Å²) in [5, 5.41) is 0. The Morgan fingerprint density at radius 1 is 1.70 bits per heavy atom. The maximum absolute atomic E-state index is 10.8. The number of hydrogen-bond donors (Lipinski definition) is 1. The SMILES string of the molecule is C=CC(=O)CC1CC(N)C1. The molecule has 0 aliphatic heterocycles. The first-order valence-corrected chi connectivity index (χ1v) is 3.63. The molecule has 0 amide bonds. The number of nitrogens with two attached hydrogens (primary N) is 1. The van der Waals surface area contributed by atoms with Crippen LogP contribution in [0, 0.1) is 5.92 Å². The summed E-state index contributed by atoms with van der Waals surface area (Å²) in [6.07, 6.45) is 4.07. The third kappa shape index (κ3) is 1.67. The lowest BCUT2D eigenvalue weighted by Gasteiger charge is -2.31. The quantitative estimate of drug-likeness (QED) is 0.589. The molecule has 2 heteroatoms. The molecule has 56 valence electrons. The van der Waals surface area contributed by atoms with Crippen molar-refractivity contribution in [3.63, 3.8) is 0 Å². The summed E-state index contributed by atoms with van der Waals surface area (Å²) in [5.74, 6) is 0.692. The van der Waals surface area contributed by atoms with Crippen LogP contribution in [0.3, 0.4) is 0 Å². The number of rotatable bonds is 3. The van der Waals surface area contributed by atoms with Gasteiger partial charge in [0.25, 0.3) is 0 Å². The Kier molecular flexibility index (Phi) is 2.22. The van der Waals surface area contributed by atoms with E-state index in [1.54, 1.807) is 0 Å². The van der Waals surface area contributed by atoms with Crippen molar-refractivity contribution in [3.8, 4) is 0 Å². The highest BCUT2D eigenvalue weighted by molar-refractivity contribution is 5.89. The summed E-state index contributed by atoms with van der Waals surface area (Å²) in [4.78, 5) is 10.8. The highest BCUT2D eigenvalue weighted by Crippen LogP contribution is 2.28. The first kappa shape index (κ1) is 7.48. The zero-order valence-corrected chi connectivity index (χ0v) is 6.05. The van der Waals surface area contributed by atoms with Crippen molar-refractivity contribution in [3.05, 3.63) is 12.7 Å². The molecule has 0 aromatic carbocycles. The zero-order valence-electron chi connectivity index (χ0n) is 6.05. The predicted molar refractivity (Wildman–Crippen MR) is 40.5 cm³/mol. The molecule has 0 saturated heterocycles. The van der Waals surface area contributed by atoms with Crippen molar-refractivity contribution in [2.24, 2.45) is 11.7 Å². The maximum Gasteiger partial charge on any atom is 0.155 e. The second-order valence-electron chi connectivity index (χ2n) is 2.97. The van der Waals surface area contributed by atoms with Gasteiger partial charge in [-0.15, -0.1) is 0 Å². The topological polar surface area (TPSA) is 43.1 Å². The molecule has 1 aliphatic carbocycles. The average Bonchev–Trinajstić information content (AvgIpc) is 1.84. The van der Waals surface area contributed by atoms with Crippen LogP contribution in [-0.4, -0.2) is 11.8 Å². The minimum Gasteiger partial charge on any atom is -0.328 e. The van der Waals surface area contributed by atoms with Crippen molar-refractivity contribution in [1.29, 1.82) is 0 Å². The van der Waals surface area contributed by atoms with E-state index in [1.165, 1.54) is 6.08 Å². The summed E-state index contributed by atoms with van der Waals surface area (Å²) in [6, 6.07) is 0.350. The summed E-state index contributed by atoms with van der Waals surface area (Å²) < 4.78 is 0. The van der Waals surface area contributed by atoms with Gasteiger partial charge in [-0.25, -0.2) is 0 Å². The largest absolute Gasteiger partial charge is 0.328 e. The van der Waals surface area contributed by atoms with Crippen LogP contribution in [0.5, 0.6) is 0 Å². The molecule has 0 spiro atoms. The van der Waals surface area contributed by atoms with Gasteiger partial charge in [0.1, 0.15) is 0 Å². The van der Waals surface area contributed by atoms with Crippen LogP contribution in [0.4, 0.5) is 0 Å². The number of ketones is 1. The van der Waals surface area contributed by atoms with E-state index in [9.17, 15) is 4.79 Å². The van der Waals surface area contributed by atoms with Crippen molar-refractivity contribution in [2.75, 3.05) is 0 Å². The fourth-order valence-corrected chi connectivity index (χ4v) is 1.32. The van der Waals surface area contributed by atoms with Gasteiger partial charge in [0.2, 0.25) is 0 Å². The highest BCUT2D eigenvalue weighted by atomic mass is 16.1. The van der Waals surface area contributed by atoms with Gasteiger partial charge in [-0.05, 0) is 24.8 Å². The summed E-state index contributed by atoms with van der Waals surface area (Å²) >= 11 is 0. The van der Waals surface area contributed by atoms with Crippen LogP contribution in [0.2, 0.25) is 0 Å². The van der Waals surface area contributed by atoms with Gasteiger partial charge in [0.15, 0.2) is 5.78 Å². The molecule has 0 bridgehead atoms. The van der Waals surface area contributed by atoms with Gasteiger partial charge in [0.05, 0.1) is 0 Å². The van der Waals surface area contributed by atoms with Crippen LogP contribution in [0.25, 0.3) is 0 Å². The lowest BCUT2D eigenvalue weighted by molar-refractivity contribution is -0.116. The van der Waals surface area contributed by atoms with Crippen LogP contribution in [0.1, 0.15) is 19.3 Å². The van der Waals surface area contributed by atoms with Crippen molar-refractivity contribution >= 4 is 5.78 Å². The van der Waals surface area contributed by atoms with Crippen LogP contribution >= 0.6 is 0 Å². The summed E-state index contributed by atoms with van der Waals surface area (Å²) in [7, 11) is 0. The Hall–Kier alpha value is -0.630. The molecule has 1 rings (SSSR count). The van der Waals surface area contributed by atoms with E-state index in [2.05, 4.69) is 6.58 Å². The van der Waals surface area contributed by atoms with Gasteiger partial charge in [-0.3, -0.25) is 4.79 Å². The summed E-state index contributed by atoms with van der Waals surface area (Å²) in [6.45, 7) is 3.41. The zero-order chi connectivity index (χ0) is 7.56. The number of carbonyl (C=O) groups excluding carboxylic acids is 1. The third-order valence-corrected chi connectivity index (χ3v) is 1.99. The van der Waals surface area contributed by atoms with Gasteiger partial charge in [-0.2, -0.15) is 0 Å². The Labute approximate surface area is 61.1 Å². The molecule has 1 aliphatic rings. The Balaban J connectivity index is 2.16. The van der Waals surface area contributed by atoms with E-state index < -0.39 is 0 Å². The van der Waals surface area contributed by atoms with E-state index in [0.717, 1.165) is 12.8 Å². The number of allylic oxidation sites excluding steroid dienone is 1. The first-order valence-electron chi connectivity index (χ1n) is 3.63. The highest BCUT2D eigenvalue weighted by Gasteiger charge is 2.26. The monoisotopic (exact) mass is 139 g/mol. The Morgan fingerprint density at radius 2 is 2.30 bits per heavy atom. The maximum atomic E-state index is 10.8. The third-order valence-electron chi connectivity index (χ3n) is 1.99. The second-order valence-corrected chi connectivity index (χ2v) is 2.97. The minimum absolute atomic E-state index is 0.150. The summed E-state index contributed by atoms with van der Waals surface area (Å²) in [5.41, 5.74) is 5.55. The van der Waals surface area contributed by atoms with E-state index >= 15 is 0 Å². The van der Waals surface area contributed by atoms with E-state index in [1.807, 2.05) is 0 Å². The lowest BCUT2D eigenvalue weighted by atomic mass is 9.78. The Bertz CT molecular complexity index is 147. The standard InChI is InChI=1S/C8H13NO/c1-2-8(10)5-6-3-7(9)4-6/h2,6-7H,1,3-5,9H2. The van der Waals surface area contributed by atoms with Crippen molar-refractivity contribution in [2.45, 2.75) is 25.3 Å². The fraction of sp³-hybridized carbons (Fsp3) is 0.625. The van der Waals surface area contributed by atoms with Crippen LogP contribution in [-0.2, 0) is 4.79 Å². The van der Waals surface area contributed by atoms with E-state index in [0.29, 0.717) is 18.4 Å². The first-order chi connectivity index (χ1) is 4.72. The molecule has 0 heterocycles. The Morgan fingerprint density at radius 3 is 2.70 bits per heavy atom. The minimum atomic E-state index is 0.150. The lowest BCUT2D eigenvalue weighted by Crippen LogP contribution is -2.37. The van der Waals surface area contributed by atoms with E-state index in [4.69, 9.17) is 5.73 Å². The predicted octanol–water partition coefficient (Wildman–Crippen LogP) is 0.869. The molecule has 1 saturated carbocycles. The molecule has 0 atom stereocenters. The molecule has 0 radical (unpaired) electrons. The normalized spacial score (nSPS) is 30.9. The molecule has 0 aromatic heterocycles. The number of hydrogen-bond acceptors (Lipinski definition) is 2. The number of carbonyl (C=O) groups is 1. The molecule has 2 nitrogen and oxygen atoms in total. The van der Waals surface area contributed by atoms with Crippen molar-refractivity contribution in [1.82, 2.24) is 0 Å². The van der Waals surface area contributed by atoms with Crippen LogP contribution < -0.4 is 5.73 Å². The smallest absolute Gasteiger partial charge is 0.155 e. The van der Waals surface area contributed by atoms with Gasteiger partial charge in [0, 0.05) is 12.5 Å². The molecular weight excluding hydrogens is 126 g/mol. The molecule has 0 unspecified atom stereocenters. The fourth-order valence-electron chi connectivity index (χ4n) is 1.32. The van der Waals surface area contributed by atoms with Gasteiger partial charge in [-0.1, -0.05) is 6.58 Å². The van der Waals surface area contributed by atoms with Crippen LogP contribution in [0.15, 0.2) is 12.7 Å². The van der Waals surface area contributed by atoms with Gasteiger partial charge >= 0.3 is 0 Å². The molecule has 1 fully saturated rings. The molecule has 2 N–H and O–H groups in total. The van der Waals surface area contributed by atoms with E-state index in [-0.39, 0.29) is 5.78 Å². The van der Waals surface area contributed by atoms with Gasteiger partial charge < -0.3 is 5.73 Å². The molecule has 10 heavy (non-hydrogen) atoms. The van der Waals surface area contributed by atoms with Crippen molar-refractivity contribution < 1.29 is 4.79 Å². The second kappa shape index (κ2) is 2.97.